The number of hydrogen-bond donors (Lipinski definition) is 2. The highest BCUT2D eigenvalue weighted by Gasteiger charge is 2.20. The summed E-state index contributed by atoms with van der Waals surface area (Å²) in [5.74, 6) is -1.12. The van der Waals surface area contributed by atoms with E-state index in [1.165, 1.54) is 16.9 Å². The monoisotopic (exact) mass is 324 g/mol. The number of carboxylic acids is 1. The third-order valence-electron chi connectivity index (χ3n) is 3.01. The van der Waals surface area contributed by atoms with Crippen LogP contribution in [0.2, 0.25) is 0 Å². The molecule has 0 saturated heterocycles. The smallest absolute Gasteiger partial charge is 0.354 e. The van der Waals surface area contributed by atoms with Gasteiger partial charge in [0.1, 0.15) is 5.69 Å². The molecule has 0 saturated carbocycles. The summed E-state index contributed by atoms with van der Waals surface area (Å²) in [5.41, 5.74) is 0.994. The van der Waals surface area contributed by atoms with Crippen molar-refractivity contribution in [3.05, 3.63) is 41.3 Å². The zero-order valence-electron chi connectivity index (χ0n) is 12.1. The minimum atomic E-state index is -3.67. The molecule has 0 aromatic carbocycles. The quantitative estimate of drug-likeness (QED) is 0.792. The Morgan fingerprint density at radius 2 is 2.14 bits per heavy atom. The van der Waals surface area contributed by atoms with Gasteiger partial charge in [-0.15, -0.1) is 0 Å². The summed E-state index contributed by atoms with van der Waals surface area (Å²) in [6, 6.07) is 4.61. The molecule has 0 radical (unpaired) electrons. The summed E-state index contributed by atoms with van der Waals surface area (Å²) in [6.45, 7) is 1.78. The number of nitrogens with zero attached hydrogens (tertiary/aromatic N) is 3. The highest BCUT2D eigenvalue weighted by atomic mass is 32.2. The van der Waals surface area contributed by atoms with E-state index < -0.39 is 16.0 Å². The second-order valence-corrected chi connectivity index (χ2v) is 6.41. The molecule has 0 aliphatic carbocycles. The van der Waals surface area contributed by atoms with Crippen molar-refractivity contribution < 1.29 is 18.3 Å². The molecular weight excluding hydrogens is 308 g/mol. The van der Waals surface area contributed by atoms with Crippen molar-refractivity contribution in [1.82, 2.24) is 19.5 Å². The number of aromatic carboxylic acids is 1. The summed E-state index contributed by atoms with van der Waals surface area (Å²) in [5, 5.41) is 12.9. The van der Waals surface area contributed by atoms with E-state index in [0.29, 0.717) is 11.3 Å². The number of carbonyl (C=O) groups is 1. The number of aromatic nitrogens is 3. The van der Waals surface area contributed by atoms with Gasteiger partial charge in [0.15, 0.2) is 5.03 Å². The lowest BCUT2D eigenvalue weighted by Gasteiger charge is -2.08. The first-order valence-corrected chi connectivity index (χ1v) is 7.97. The van der Waals surface area contributed by atoms with Crippen LogP contribution in [-0.2, 0) is 23.5 Å². The standard InChI is InChI=1S/C13H16N4O4S/c1-9-8-14-17(2)12(9)22(20,21)15-7-6-10-4-3-5-11(16-10)13(18)19/h3-5,8,15H,6-7H2,1-2H3,(H,18,19). The third kappa shape index (κ3) is 3.49. The van der Waals surface area contributed by atoms with Crippen molar-refractivity contribution in [3.8, 4) is 0 Å². The fraction of sp³-hybridized carbons (Fsp3) is 0.308. The van der Waals surface area contributed by atoms with Crippen LogP contribution in [0.4, 0.5) is 0 Å². The van der Waals surface area contributed by atoms with Crippen molar-refractivity contribution in [3.63, 3.8) is 0 Å². The molecule has 9 heteroatoms. The van der Waals surface area contributed by atoms with Gasteiger partial charge < -0.3 is 5.11 Å². The van der Waals surface area contributed by atoms with Crippen molar-refractivity contribution in [2.45, 2.75) is 18.4 Å². The maximum absolute atomic E-state index is 12.2. The first-order chi connectivity index (χ1) is 10.3. The normalized spacial score (nSPS) is 11.5. The van der Waals surface area contributed by atoms with Crippen LogP contribution in [0.3, 0.4) is 0 Å². The highest BCUT2D eigenvalue weighted by molar-refractivity contribution is 7.89. The lowest BCUT2D eigenvalue weighted by atomic mass is 10.2. The number of rotatable bonds is 6. The van der Waals surface area contributed by atoms with E-state index in [-0.39, 0.29) is 23.7 Å². The largest absolute Gasteiger partial charge is 0.477 e. The van der Waals surface area contributed by atoms with Gasteiger partial charge in [0.25, 0.3) is 10.0 Å². The Morgan fingerprint density at radius 3 is 2.73 bits per heavy atom. The van der Waals surface area contributed by atoms with Crippen molar-refractivity contribution in [2.24, 2.45) is 7.05 Å². The van der Waals surface area contributed by atoms with Crippen LogP contribution in [0.5, 0.6) is 0 Å². The maximum Gasteiger partial charge on any atom is 0.354 e. The second kappa shape index (κ2) is 6.24. The molecule has 0 bridgehead atoms. The van der Waals surface area contributed by atoms with Gasteiger partial charge >= 0.3 is 5.97 Å². The highest BCUT2D eigenvalue weighted by Crippen LogP contribution is 2.12. The summed E-state index contributed by atoms with van der Waals surface area (Å²) >= 11 is 0. The number of nitrogens with one attached hydrogen (secondary N) is 1. The van der Waals surface area contributed by atoms with Gasteiger partial charge in [-0.2, -0.15) is 5.10 Å². The molecule has 0 fully saturated rings. The van der Waals surface area contributed by atoms with Crippen LogP contribution in [0.25, 0.3) is 0 Å². The summed E-state index contributed by atoms with van der Waals surface area (Å²) in [6.07, 6.45) is 1.77. The first kappa shape index (κ1) is 16.1. The van der Waals surface area contributed by atoms with Gasteiger partial charge in [0.2, 0.25) is 0 Å². The Labute approximate surface area is 127 Å². The molecule has 2 N–H and O–H groups in total. The molecule has 2 rings (SSSR count). The molecule has 0 unspecified atom stereocenters. The average Bonchev–Trinajstić information content (AvgIpc) is 2.79. The first-order valence-electron chi connectivity index (χ1n) is 6.49. The lowest BCUT2D eigenvalue weighted by Crippen LogP contribution is -2.28. The van der Waals surface area contributed by atoms with Gasteiger partial charge in [-0.05, 0) is 19.1 Å². The van der Waals surface area contributed by atoms with E-state index >= 15 is 0 Å². The molecule has 0 aliphatic rings. The van der Waals surface area contributed by atoms with E-state index in [2.05, 4.69) is 14.8 Å². The van der Waals surface area contributed by atoms with Crippen LogP contribution in [0, 0.1) is 6.92 Å². The molecule has 118 valence electrons. The van der Waals surface area contributed by atoms with E-state index in [0.717, 1.165) is 0 Å². The van der Waals surface area contributed by atoms with Crippen molar-refractivity contribution in [1.29, 1.82) is 0 Å². The topological polar surface area (TPSA) is 114 Å². The molecule has 22 heavy (non-hydrogen) atoms. The second-order valence-electron chi connectivity index (χ2n) is 4.72. The fourth-order valence-electron chi connectivity index (χ4n) is 2.04. The van der Waals surface area contributed by atoms with Crippen LogP contribution < -0.4 is 4.72 Å². The van der Waals surface area contributed by atoms with Gasteiger partial charge in [0, 0.05) is 31.3 Å². The molecule has 0 spiro atoms. The van der Waals surface area contributed by atoms with E-state index in [1.807, 2.05) is 0 Å². The Hall–Kier alpha value is -2.26. The maximum atomic E-state index is 12.2. The fourth-order valence-corrected chi connectivity index (χ4v) is 3.42. The number of carboxylic acid groups (broad SMARTS) is 1. The Kier molecular flexibility index (Phi) is 4.57. The molecule has 2 heterocycles. The minimum absolute atomic E-state index is 0.0668. The SMILES string of the molecule is Cc1cnn(C)c1S(=O)(=O)NCCc1cccc(C(=O)O)n1. The molecule has 8 nitrogen and oxygen atoms in total. The molecular formula is C13H16N4O4S. The Morgan fingerprint density at radius 1 is 1.41 bits per heavy atom. The van der Waals surface area contributed by atoms with Crippen molar-refractivity contribution in [2.75, 3.05) is 6.54 Å². The summed E-state index contributed by atoms with van der Waals surface area (Å²) in [4.78, 5) is 14.8. The Bertz CT molecular complexity index is 779. The number of pyridine rings is 1. The molecule has 0 amide bonds. The van der Waals surface area contributed by atoms with Crippen LogP contribution in [0.1, 0.15) is 21.7 Å². The van der Waals surface area contributed by atoms with Crippen molar-refractivity contribution >= 4 is 16.0 Å². The summed E-state index contributed by atoms with van der Waals surface area (Å²) in [7, 11) is -2.11. The van der Waals surface area contributed by atoms with Gasteiger partial charge in [0.05, 0.1) is 6.20 Å². The zero-order chi connectivity index (χ0) is 16.3. The molecule has 0 aliphatic heterocycles. The summed E-state index contributed by atoms with van der Waals surface area (Å²) < 4.78 is 28.2. The average molecular weight is 324 g/mol. The van der Waals surface area contributed by atoms with Gasteiger partial charge in [-0.3, -0.25) is 4.68 Å². The molecule has 2 aromatic rings. The molecule has 0 atom stereocenters. The van der Waals surface area contributed by atoms with E-state index in [1.54, 1.807) is 26.1 Å². The Balaban J connectivity index is 2.05. The predicted octanol–water partition coefficient (Wildman–Crippen LogP) is 0.343. The zero-order valence-corrected chi connectivity index (χ0v) is 13.0. The van der Waals surface area contributed by atoms with Crippen LogP contribution in [0.15, 0.2) is 29.4 Å². The van der Waals surface area contributed by atoms with E-state index in [9.17, 15) is 13.2 Å². The van der Waals surface area contributed by atoms with Gasteiger partial charge in [-0.1, -0.05) is 6.07 Å². The third-order valence-corrected chi connectivity index (χ3v) is 4.69. The number of sulfonamides is 1. The number of aryl methyl sites for hydroxylation is 2. The lowest BCUT2D eigenvalue weighted by molar-refractivity contribution is 0.0690. The number of hydrogen-bond acceptors (Lipinski definition) is 5. The predicted molar refractivity (Wildman–Crippen MR) is 78.0 cm³/mol. The minimum Gasteiger partial charge on any atom is -0.477 e. The van der Waals surface area contributed by atoms with Gasteiger partial charge in [-0.25, -0.2) is 22.9 Å². The van der Waals surface area contributed by atoms with Crippen LogP contribution in [-0.4, -0.2) is 40.8 Å². The van der Waals surface area contributed by atoms with Crippen LogP contribution >= 0.6 is 0 Å². The molecule has 2 aromatic heterocycles. The van der Waals surface area contributed by atoms with E-state index in [4.69, 9.17) is 5.11 Å².